The van der Waals surface area contributed by atoms with Crippen molar-refractivity contribution in [3.63, 3.8) is 0 Å². The molecule has 0 unspecified atom stereocenters. The number of aromatic amines is 1. The van der Waals surface area contributed by atoms with Crippen molar-refractivity contribution >= 4 is 5.91 Å². The summed E-state index contributed by atoms with van der Waals surface area (Å²) in [6.07, 6.45) is 3.60. The van der Waals surface area contributed by atoms with Crippen LogP contribution in [0, 0.1) is 0 Å². The maximum atomic E-state index is 13.0. The van der Waals surface area contributed by atoms with Crippen LogP contribution in [-0.2, 0) is 13.6 Å². The minimum Gasteiger partial charge on any atom is -0.497 e. The number of rotatable bonds is 6. The summed E-state index contributed by atoms with van der Waals surface area (Å²) in [5.74, 6) is 1.51. The van der Waals surface area contributed by atoms with E-state index >= 15 is 0 Å². The van der Waals surface area contributed by atoms with Crippen LogP contribution in [0.1, 0.15) is 30.2 Å². The third-order valence-electron chi connectivity index (χ3n) is 4.31. The van der Waals surface area contributed by atoms with Gasteiger partial charge in [-0.2, -0.15) is 5.10 Å². The molecule has 0 saturated carbocycles. The molecule has 0 bridgehead atoms. The molecule has 3 rings (SSSR count). The highest BCUT2D eigenvalue weighted by atomic mass is 16.5. The maximum Gasteiger partial charge on any atom is 0.272 e. The summed E-state index contributed by atoms with van der Waals surface area (Å²) in [7, 11) is 3.55. The van der Waals surface area contributed by atoms with Crippen LogP contribution in [0.3, 0.4) is 0 Å². The second kappa shape index (κ2) is 7.43. The molecule has 0 saturated heterocycles. The Bertz CT molecular complexity index is 879. The van der Waals surface area contributed by atoms with E-state index in [1.165, 1.54) is 0 Å². The number of ether oxygens (including phenoxy) is 1. The smallest absolute Gasteiger partial charge is 0.272 e. The van der Waals surface area contributed by atoms with Gasteiger partial charge in [-0.15, -0.1) is 0 Å². The summed E-state index contributed by atoms with van der Waals surface area (Å²) in [5.41, 5.74) is 2.09. The number of aryl methyl sites for hydroxylation is 1. The maximum absolute atomic E-state index is 13.0. The highest BCUT2D eigenvalue weighted by Gasteiger charge is 2.22. The third kappa shape index (κ3) is 3.61. The van der Waals surface area contributed by atoms with Gasteiger partial charge in [0.25, 0.3) is 5.91 Å². The van der Waals surface area contributed by atoms with Crippen LogP contribution < -0.4 is 4.74 Å². The fraction of sp³-hybridized carbons (Fsp3) is 0.316. The highest BCUT2D eigenvalue weighted by molar-refractivity contribution is 5.93. The number of nitrogens with one attached hydrogen (secondary N) is 1. The van der Waals surface area contributed by atoms with Gasteiger partial charge in [0, 0.05) is 31.0 Å². The van der Waals surface area contributed by atoms with Crippen molar-refractivity contribution in [3.8, 4) is 17.0 Å². The fourth-order valence-electron chi connectivity index (χ4n) is 2.69. The minimum atomic E-state index is -0.102. The Kier molecular flexibility index (Phi) is 5.06. The Morgan fingerprint density at radius 3 is 2.62 bits per heavy atom. The molecule has 1 amide bonds. The summed E-state index contributed by atoms with van der Waals surface area (Å²) >= 11 is 0. The van der Waals surface area contributed by atoms with Gasteiger partial charge in [-0.1, -0.05) is 0 Å². The first kappa shape index (κ1) is 17.7. The molecule has 1 N–H and O–H groups in total. The molecule has 3 aromatic rings. The van der Waals surface area contributed by atoms with Gasteiger partial charge in [-0.05, 0) is 44.2 Å². The van der Waals surface area contributed by atoms with Crippen LogP contribution in [0.25, 0.3) is 11.3 Å². The number of carbonyl (C=O) groups is 1. The minimum absolute atomic E-state index is 0.0342. The third-order valence-corrected chi connectivity index (χ3v) is 4.31. The SMILES string of the molecule is COc1ccc(-c2cc(C(=O)N(Cc3nccn3C)C(C)C)[nH]n2)cc1. The molecule has 0 atom stereocenters. The predicted octanol–water partition coefficient (Wildman–Crippen LogP) is 2.87. The quantitative estimate of drug-likeness (QED) is 0.739. The Balaban J connectivity index is 1.81. The summed E-state index contributed by atoms with van der Waals surface area (Å²) in [5, 5.41) is 7.15. The van der Waals surface area contributed by atoms with Crippen molar-refractivity contribution in [1.82, 2.24) is 24.6 Å². The number of aromatic nitrogens is 4. The number of carbonyl (C=O) groups excluding carboxylic acids is 1. The Hall–Kier alpha value is -3.09. The van der Waals surface area contributed by atoms with Gasteiger partial charge in [0.05, 0.1) is 19.3 Å². The zero-order valence-electron chi connectivity index (χ0n) is 15.4. The van der Waals surface area contributed by atoms with E-state index in [0.29, 0.717) is 12.2 Å². The monoisotopic (exact) mass is 353 g/mol. The normalized spacial score (nSPS) is 11.0. The van der Waals surface area contributed by atoms with Crippen molar-refractivity contribution < 1.29 is 9.53 Å². The second-order valence-electron chi connectivity index (χ2n) is 6.38. The average Bonchev–Trinajstić information content (AvgIpc) is 3.28. The molecule has 0 spiro atoms. The van der Waals surface area contributed by atoms with E-state index in [1.54, 1.807) is 24.3 Å². The van der Waals surface area contributed by atoms with E-state index in [-0.39, 0.29) is 11.9 Å². The Morgan fingerprint density at radius 1 is 1.31 bits per heavy atom. The number of benzene rings is 1. The number of methoxy groups -OCH3 is 1. The Morgan fingerprint density at radius 2 is 2.04 bits per heavy atom. The molecule has 0 aliphatic rings. The van der Waals surface area contributed by atoms with Gasteiger partial charge in [-0.3, -0.25) is 9.89 Å². The summed E-state index contributed by atoms with van der Waals surface area (Å²) in [6.45, 7) is 4.42. The van der Waals surface area contributed by atoms with Gasteiger partial charge in [0.15, 0.2) is 0 Å². The summed E-state index contributed by atoms with van der Waals surface area (Å²) in [4.78, 5) is 19.1. The molecule has 0 aliphatic heterocycles. The second-order valence-corrected chi connectivity index (χ2v) is 6.38. The lowest BCUT2D eigenvalue weighted by atomic mass is 10.1. The molecule has 7 heteroatoms. The number of H-pyrrole nitrogens is 1. The fourth-order valence-corrected chi connectivity index (χ4v) is 2.69. The van der Waals surface area contributed by atoms with Crippen LogP contribution in [0.15, 0.2) is 42.7 Å². The molecule has 0 aliphatic carbocycles. The van der Waals surface area contributed by atoms with Gasteiger partial charge in [-0.25, -0.2) is 4.98 Å². The number of hydrogen-bond acceptors (Lipinski definition) is 4. The van der Waals surface area contributed by atoms with Crippen molar-refractivity contribution in [2.45, 2.75) is 26.4 Å². The number of nitrogens with zero attached hydrogens (tertiary/aromatic N) is 4. The summed E-state index contributed by atoms with van der Waals surface area (Å²) < 4.78 is 7.08. The molecule has 7 nitrogen and oxygen atoms in total. The molecule has 26 heavy (non-hydrogen) atoms. The largest absolute Gasteiger partial charge is 0.497 e. The van der Waals surface area contributed by atoms with E-state index in [2.05, 4.69) is 15.2 Å². The van der Waals surface area contributed by atoms with E-state index in [1.807, 2.05) is 55.9 Å². The van der Waals surface area contributed by atoms with Crippen LogP contribution in [-0.4, -0.2) is 43.7 Å². The molecule has 2 heterocycles. The molecule has 136 valence electrons. The zero-order chi connectivity index (χ0) is 18.7. The van der Waals surface area contributed by atoms with Crippen LogP contribution in [0.2, 0.25) is 0 Å². The topological polar surface area (TPSA) is 76.0 Å². The number of hydrogen-bond donors (Lipinski definition) is 1. The van der Waals surface area contributed by atoms with Crippen molar-refractivity contribution in [2.24, 2.45) is 7.05 Å². The first-order valence-corrected chi connectivity index (χ1v) is 8.46. The standard InChI is InChI=1S/C19H23N5O2/c1-13(2)24(12-18-20-9-10-23(18)3)19(25)17-11-16(21-22-17)14-5-7-15(26-4)8-6-14/h5-11,13H,12H2,1-4H3,(H,21,22). The molecule has 0 radical (unpaired) electrons. The molecule has 1 aromatic carbocycles. The van der Waals surface area contributed by atoms with Crippen molar-refractivity contribution in [3.05, 3.63) is 54.2 Å². The van der Waals surface area contributed by atoms with Gasteiger partial charge in [0.2, 0.25) is 0 Å². The summed E-state index contributed by atoms with van der Waals surface area (Å²) in [6, 6.07) is 9.37. The van der Waals surface area contributed by atoms with Crippen molar-refractivity contribution in [1.29, 1.82) is 0 Å². The number of imidazole rings is 1. The first-order valence-electron chi connectivity index (χ1n) is 8.46. The van der Waals surface area contributed by atoms with E-state index < -0.39 is 0 Å². The lowest BCUT2D eigenvalue weighted by molar-refractivity contribution is 0.0677. The molecule has 2 aromatic heterocycles. The van der Waals surface area contributed by atoms with Crippen LogP contribution in [0.5, 0.6) is 5.75 Å². The van der Waals surface area contributed by atoms with Gasteiger partial charge in [0.1, 0.15) is 17.3 Å². The molecule has 0 fully saturated rings. The average molecular weight is 353 g/mol. The van der Waals surface area contributed by atoms with E-state index in [4.69, 9.17) is 4.74 Å². The van der Waals surface area contributed by atoms with Crippen molar-refractivity contribution in [2.75, 3.05) is 7.11 Å². The van der Waals surface area contributed by atoms with Crippen LogP contribution >= 0.6 is 0 Å². The zero-order valence-corrected chi connectivity index (χ0v) is 15.4. The van der Waals surface area contributed by atoms with E-state index in [0.717, 1.165) is 22.8 Å². The first-order chi connectivity index (χ1) is 12.5. The van der Waals surface area contributed by atoms with Gasteiger partial charge < -0.3 is 14.2 Å². The highest BCUT2D eigenvalue weighted by Crippen LogP contribution is 2.22. The molecular formula is C19H23N5O2. The lowest BCUT2D eigenvalue weighted by Crippen LogP contribution is -2.37. The van der Waals surface area contributed by atoms with Crippen LogP contribution in [0.4, 0.5) is 0 Å². The molecular weight excluding hydrogens is 330 g/mol. The predicted molar refractivity (Wildman–Crippen MR) is 98.8 cm³/mol. The van der Waals surface area contributed by atoms with E-state index in [9.17, 15) is 4.79 Å². The number of amides is 1. The van der Waals surface area contributed by atoms with Gasteiger partial charge >= 0.3 is 0 Å². The Labute approximate surface area is 152 Å². The lowest BCUT2D eigenvalue weighted by Gasteiger charge is -2.25.